The number of carbonyl (C=O) groups excluding carboxylic acids is 1. The summed E-state index contributed by atoms with van der Waals surface area (Å²) in [4.78, 5) is 16.0. The predicted octanol–water partition coefficient (Wildman–Crippen LogP) is 1.72. The van der Waals surface area contributed by atoms with Crippen LogP contribution < -0.4 is 11.1 Å². The lowest BCUT2D eigenvalue weighted by molar-refractivity contribution is -0.116. The molecule has 0 atom stereocenters. The van der Waals surface area contributed by atoms with Crippen molar-refractivity contribution in [3.63, 3.8) is 0 Å². The first-order valence-corrected chi connectivity index (χ1v) is 5.70. The highest BCUT2D eigenvalue weighted by molar-refractivity contribution is 5.91. The van der Waals surface area contributed by atoms with E-state index in [1.165, 1.54) is 0 Å². The van der Waals surface area contributed by atoms with E-state index in [1.54, 1.807) is 23.0 Å². The fourth-order valence-electron chi connectivity index (χ4n) is 1.74. The zero-order valence-electron chi connectivity index (χ0n) is 10.5. The Hall–Kier alpha value is -2.30. The lowest BCUT2D eigenvalue weighted by Crippen LogP contribution is -2.19. The summed E-state index contributed by atoms with van der Waals surface area (Å²) in [7, 11) is 0. The molecule has 1 aromatic heterocycles. The molecule has 0 fully saturated rings. The first kappa shape index (κ1) is 12.2. The van der Waals surface area contributed by atoms with Gasteiger partial charge >= 0.3 is 0 Å². The number of benzene rings is 1. The Balaban J connectivity index is 2.05. The van der Waals surface area contributed by atoms with Crippen molar-refractivity contribution in [2.75, 3.05) is 11.1 Å². The maximum absolute atomic E-state index is 11.9. The van der Waals surface area contributed by atoms with E-state index in [-0.39, 0.29) is 12.5 Å². The molecule has 5 heteroatoms. The van der Waals surface area contributed by atoms with Crippen molar-refractivity contribution in [1.29, 1.82) is 0 Å². The van der Waals surface area contributed by atoms with Crippen molar-refractivity contribution >= 4 is 17.3 Å². The van der Waals surface area contributed by atoms with Crippen LogP contribution in [-0.4, -0.2) is 15.5 Å². The van der Waals surface area contributed by atoms with Crippen LogP contribution in [0.25, 0.3) is 0 Å². The quantitative estimate of drug-likeness (QED) is 0.807. The van der Waals surface area contributed by atoms with Crippen LogP contribution in [0.3, 0.4) is 0 Å². The fourth-order valence-corrected chi connectivity index (χ4v) is 1.74. The molecular formula is C13H16N4O. The van der Waals surface area contributed by atoms with Crippen LogP contribution in [0.1, 0.15) is 11.4 Å². The van der Waals surface area contributed by atoms with Gasteiger partial charge in [-0.05, 0) is 37.6 Å². The molecule has 1 aromatic carbocycles. The van der Waals surface area contributed by atoms with Gasteiger partial charge in [-0.1, -0.05) is 0 Å². The van der Waals surface area contributed by atoms with Crippen molar-refractivity contribution in [3.8, 4) is 0 Å². The van der Waals surface area contributed by atoms with E-state index >= 15 is 0 Å². The van der Waals surface area contributed by atoms with Gasteiger partial charge in [0.2, 0.25) is 5.91 Å². The van der Waals surface area contributed by atoms with E-state index in [4.69, 9.17) is 5.73 Å². The molecule has 5 nitrogen and oxygen atoms in total. The molecule has 0 unspecified atom stereocenters. The molecular weight excluding hydrogens is 228 g/mol. The number of aryl methyl sites for hydroxylation is 2. The van der Waals surface area contributed by atoms with Crippen LogP contribution in [0.4, 0.5) is 11.4 Å². The Kier molecular flexibility index (Phi) is 3.32. The Morgan fingerprint density at radius 3 is 2.83 bits per heavy atom. The Bertz CT molecular complexity index is 574. The molecule has 0 aliphatic heterocycles. The number of carbonyl (C=O) groups is 1. The number of nitrogens with zero attached hydrogens (tertiary/aromatic N) is 2. The number of imidazole rings is 1. The minimum absolute atomic E-state index is 0.0797. The summed E-state index contributed by atoms with van der Waals surface area (Å²) < 4.78 is 1.79. The van der Waals surface area contributed by atoms with Crippen LogP contribution in [0.2, 0.25) is 0 Å². The molecule has 0 bridgehead atoms. The lowest BCUT2D eigenvalue weighted by Gasteiger charge is -2.10. The standard InChI is InChI=1S/C13H16N4O/c1-9-7-11(14)3-4-12(9)16-13(18)8-17-6-5-15-10(17)2/h3-7H,8,14H2,1-2H3,(H,16,18). The molecule has 1 heterocycles. The highest BCUT2D eigenvalue weighted by Gasteiger charge is 2.07. The maximum atomic E-state index is 11.9. The minimum atomic E-state index is -0.0797. The van der Waals surface area contributed by atoms with Crippen molar-refractivity contribution in [1.82, 2.24) is 9.55 Å². The highest BCUT2D eigenvalue weighted by Crippen LogP contribution is 2.17. The molecule has 0 aliphatic rings. The van der Waals surface area contributed by atoms with Gasteiger partial charge in [-0.2, -0.15) is 0 Å². The number of amides is 1. The Labute approximate surface area is 106 Å². The van der Waals surface area contributed by atoms with Gasteiger partial charge in [0.1, 0.15) is 12.4 Å². The van der Waals surface area contributed by atoms with E-state index in [0.29, 0.717) is 5.69 Å². The summed E-state index contributed by atoms with van der Waals surface area (Å²) in [5.41, 5.74) is 8.09. The van der Waals surface area contributed by atoms with Crippen LogP contribution in [0, 0.1) is 13.8 Å². The van der Waals surface area contributed by atoms with Crippen molar-refractivity contribution in [2.45, 2.75) is 20.4 Å². The summed E-state index contributed by atoms with van der Waals surface area (Å²) >= 11 is 0. The molecule has 0 radical (unpaired) electrons. The SMILES string of the molecule is Cc1cc(N)ccc1NC(=O)Cn1ccnc1C. The van der Waals surface area contributed by atoms with E-state index in [0.717, 1.165) is 17.1 Å². The van der Waals surface area contributed by atoms with Gasteiger partial charge in [0.05, 0.1) is 0 Å². The number of nitrogen functional groups attached to an aromatic ring is 1. The summed E-state index contributed by atoms with van der Waals surface area (Å²) in [5, 5.41) is 2.86. The van der Waals surface area contributed by atoms with Gasteiger partial charge in [-0.25, -0.2) is 4.98 Å². The fraction of sp³-hybridized carbons (Fsp3) is 0.231. The summed E-state index contributed by atoms with van der Waals surface area (Å²) in [6.45, 7) is 4.03. The van der Waals surface area contributed by atoms with Crippen LogP contribution in [0.5, 0.6) is 0 Å². The summed E-state index contributed by atoms with van der Waals surface area (Å²) in [6, 6.07) is 5.41. The Morgan fingerprint density at radius 2 is 2.22 bits per heavy atom. The van der Waals surface area contributed by atoms with Crippen LogP contribution in [0.15, 0.2) is 30.6 Å². The van der Waals surface area contributed by atoms with Crippen molar-refractivity contribution < 1.29 is 4.79 Å². The second kappa shape index (κ2) is 4.91. The third-order valence-corrected chi connectivity index (χ3v) is 2.76. The largest absolute Gasteiger partial charge is 0.399 e. The minimum Gasteiger partial charge on any atom is -0.399 e. The second-order valence-electron chi connectivity index (χ2n) is 4.22. The number of nitrogens with two attached hydrogens (primary N) is 1. The zero-order valence-corrected chi connectivity index (χ0v) is 10.5. The number of anilines is 2. The molecule has 0 aliphatic carbocycles. The number of nitrogens with one attached hydrogen (secondary N) is 1. The van der Waals surface area contributed by atoms with E-state index < -0.39 is 0 Å². The lowest BCUT2D eigenvalue weighted by atomic mass is 10.2. The summed E-state index contributed by atoms with van der Waals surface area (Å²) in [5.74, 6) is 0.739. The zero-order chi connectivity index (χ0) is 13.1. The predicted molar refractivity (Wildman–Crippen MR) is 71.2 cm³/mol. The van der Waals surface area contributed by atoms with Crippen molar-refractivity contribution in [2.24, 2.45) is 0 Å². The first-order valence-electron chi connectivity index (χ1n) is 5.70. The maximum Gasteiger partial charge on any atom is 0.244 e. The van der Waals surface area contributed by atoms with Gasteiger partial charge in [-0.3, -0.25) is 4.79 Å². The molecule has 0 saturated heterocycles. The number of hydrogen-bond acceptors (Lipinski definition) is 3. The van der Waals surface area contributed by atoms with Gasteiger partial charge in [0.25, 0.3) is 0 Å². The molecule has 94 valence electrons. The Morgan fingerprint density at radius 1 is 1.44 bits per heavy atom. The molecule has 2 rings (SSSR count). The second-order valence-corrected chi connectivity index (χ2v) is 4.22. The first-order chi connectivity index (χ1) is 8.56. The normalized spacial score (nSPS) is 10.3. The molecule has 0 spiro atoms. The molecule has 18 heavy (non-hydrogen) atoms. The molecule has 3 N–H and O–H groups in total. The van der Waals surface area contributed by atoms with Crippen LogP contribution >= 0.6 is 0 Å². The van der Waals surface area contributed by atoms with Gasteiger partial charge in [-0.15, -0.1) is 0 Å². The van der Waals surface area contributed by atoms with E-state index in [2.05, 4.69) is 10.3 Å². The van der Waals surface area contributed by atoms with E-state index in [1.807, 2.05) is 26.0 Å². The van der Waals surface area contributed by atoms with Gasteiger partial charge in [0.15, 0.2) is 0 Å². The highest BCUT2D eigenvalue weighted by atomic mass is 16.1. The number of aromatic nitrogens is 2. The topological polar surface area (TPSA) is 72.9 Å². The molecule has 1 amide bonds. The molecule has 2 aromatic rings. The molecule has 0 saturated carbocycles. The van der Waals surface area contributed by atoms with Gasteiger partial charge in [0, 0.05) is 23.8 Å². The monoisotopic (exact) mass is 244 g/mol. The third kappa shape index (κ3) is 2.68. The third-order valence-electron chi connectivity index (χ3n) is 2.76. The average Bonchev–Trinajstić information content (AvgIpc) is 2.69. The van der Waals surface area contributed by atoms with E-state index in [9.17, 15) is 4.79 Å². The van der Waals surface area contributed by atoms with Gasteiger partial charge < -0.3 is 15.6 Å². The number of rotatable bonds is 3. The average molecular weight is 244 g/mol. The number of hydrogen-bond donors (Lipinski definition) is 2. The summed E-state index contributed by atoms with van der Waals surface area (Å²) in [6.07, 6.45) is 3.46. The van der Waals surface area contributed by atoms with Crippen LogP contribution in [-0.2, 0) is 11.3 Å². The smallest absolute Gasteiger partial charge is 0.244 e. The van der Waals surface area contributed by atoms with Crippen molar-refractivity contribution in [3.05, 3.63) is 42.0 Å².